The van der Waals surface area contributed by atoms with Gasteiger partial charge in [-0.05, 0) is 12.5 Å². The Morgan fingerprint density at radius 1 is 1.21 bits per heavy atom. The number of imide groups is 1. The van der Waals surface area contributed by atoms with Crippen LogP contribution in [0, 0.1) is 11.3 Å². The molecule has 1 saturated heterocycles. The fraction of sp³-hybridized carbons (Fsp3) is 0.357. The van der Waals surface area contributed by atoms with Gasteiger partial charge in [-0.3, -0.25) is 19.7 Å². The second kappa shape index (κ2) is 3.44. The second-order valence-corrected chi connectivity index (χ2v) is 5.12. The lowest BCUT2D eigenvalue weighted by molar-refractivity contribution is -0.147. The van der Waals surface area contributed by atoms with Gasteiger partial charge in [0.15, 0.2) is 0 Å². The van der Waals surface area contributed by atoms with Crippen LogP contribution in [0.25, 0.3) is 0 Å². The predicted octanol–water partition coefficient (Wildman–Crippen LogP) is 0.390. The van der Waals surface area contributed by atoms with Gasteiger partial charge in [-0.2, -0.15) is 0 Å². The Morgan fingerprint density at radius 3 is 2.42 bits per heavy atom. The van der Waals surface area contributed by atoms with Crippen molar-refractivity contribution in [3.63, 3.8) is 0 Å². The molecule has 0 spiro atoms. The van der Waals surface area contributed by atoms with Gasteiger partial charge in [0.1, 0.15) is 5.41 Å². The third-order valence-electron chi connectivity index (χ3n) is 4.47. The summed E-state index contributed by atoms with van der Waals surface area (Å²) in [5.74, 6) is -2.08. The highest BCUT2D eigenvalue weighted by Gasteiger charge is 2.89. The molecule has 1 aliphatic carbocycles. The van der Waals surface area contributed by atoms with Crippen molar-refractivity contribution in [3.05, 3.63) is 35.9 Å². The predicted molar refractivity (Wildman–Crippen MR) is 64.9 cm³/mol. The Labute approximate surface area is 109 Å². The van der Waals surface area contributed by atoms with E-state index in [9.17, 15) is 14.4 Å². The number of amides is 2. The number of esters is 1. The maximum atomic E-state index is 12.2. The van der Waals surface area contributed by atoms with Crippen LogP contribution >= 0.6 is 0 Å². The van der Waals surface area contributed by atoms with E-state index < -0.39 is 34.5 Å². The molecule has 98 valence electrons. The van der Waals surface area contributed by atoms with E-state index in [-0.39, 0.29) is 0 Å². The molecule has 2 fully saturated rings. The Morgan fingerprint density at radius 2 is 1.84 bits per heavy atom. The first-order chi connectivity index (χ1) is 9.01. The van der Waals surface area contributed by atoms with Gasteiger partial charge < -0.3 is 4.74 Å². The van der Waals surface area contributed by atoms with Gasteiger partial charge in [-0.1, -0.05) is 30.3 Å². The van der Waals surface area contributed by atoms with Crippen LogP contribution in [0.3, 0.4) is 0 Å². The molecular weight excluding hydrogens is 246 g/mol. The summed E-state index contributed by atoms with van der Waals surface area (Å²) in [6, 6.07) is 8.92. The highest BCUT2D eigenvalue weighted by molar-refractivity contribution is 6.22. The SMILES string of the molecule is COC(=O)C1C2(C)C(=O)NC(=O)C12c1ccccc1. The summed E-state index contributed by atoms with van der Waals surface area (Å²) in [5, 5.41) is 2.32. The number of rotatable bonds is 2. The number of piperidine rings is 1. The summed E-state index contributed by atoms with van der Waals surface area (Å²) in [6.45, 7) is 1.64. The molecule has 2 amide bonds. The first-order valence-electron chi connectivity index (χ1n) is 6.00. The van der Waals surface area contributed by atoms with Crippen LogP contribution in [0.4, 0.5) is 0 Å². The number of hydrogen-bond donors (Lipinski definition) is 1. The van der Waals surface area contributed by atoms with E-state index in [1.165, 1.54) is 7.11 Å². The molecule has 0 radical (unpaired) electrons. The van der Waals surface area contributed by atoms with Gasteiger partial charge in [0.25, 0.3) is 0 Å². The number of benzene rings is 1. The number of ether oxygens (including phenoxy) is 1. The summed E-state index contributed by atoms with van der Waals surface area (Å²) in [7, 11) is 1.26. The quantitative estimate of drug-likeness (QED) is 0.616. The molecule has 1 heterocycles. The van der Waals surface area contributed by atoms with Crippen molar-refractivity contribution in [2.24, 2.45) is 11.3 Å². The van der Waals surface area contributed by atoms with Crippen LogP contribution in [-0.4, -0.2) is 24.9 Å². The molecule has 0 bridgehead atoms. The normalized spacial score (nSPS) is 35.6. The number of nitrogens with one attached hydrogen (secondary N) is 1. The van der Waals surface area contributed by atoms with Crippen molar-refractivity contribution in [1.29, 1.82) is 0 Å². The molecule has 2 aliphatic rings. The van der Waals surface area contributed by atoms with Gasteiger partial charge >= 0.3 is 5.97 Å². The van der Waals surface area contributed by atoms with Crippen LogP contribution in [0.5, 0.6) is 0 Å². The van der Waals surface area contributed by atoms with E-state index in [0.717, 1.165) is 0 Å². The number of methoxy groups -OCH3 is 1. The van der Waals surface area contributed by atoms with Crippen LogP contribution in [0.2, 0.25) is 0 Å². The summed E-state index contributed by atoms with van der Waals surface area (Å²) in [5.41, 5.74) is -1.48. The number of carbonyl (C=O) groups excluding carboxylic acids is 3. The Balaban J connectivity index is 2.19. The smallest absolute Gasteiger partial charge is 0.311 e. The Kier molecular flexibility index (Phi) is 2.15. The topological polar surface area (TPSA) is 72.5 Å². The lowest BCUT2D eigenvalue weighted by Crippen LogP contribution is -2.36. The molecule has 5 nitrogen and oxygen atoms in total. The third kappa shape index (κ3) is 1.08. The van der Waals surface area contributed by atoms with Crippen molar-refractivity contribution in [2.45, 2.75) is 12.3 Å². The fourth-order valence-electron chi connectivity index (χ4n) is 3.46. The molecule has 1 aromatic carbocycles. The minimum absolute atomic E-state index is 0.406. The molecule has 1 aliphatic heterocycles. The van der Waals surface area contributed by atoms with Crippen LogP contribution in [-0.2, 0) is 24.5 Å². The average molecular weight is 259 g/mol. The zero-order valence-corrected chi connectivity index (χ0v) is 10.6. The first-order valence-corrected chi connectivity index (χ1v) is 6.00. The van der Waals surface area contributed by atoms with Gasteiger partial charge in [0.05, 0.1) is 18.4 Å². The first kappa shape index (κ1) is 11.9. The lowest BCUT2D eigenvalue weighted by Gasteiger charge is -2.12. The number of fused-ring (bicyclic) bond motifs is 1. The minimum Gasteiger partial charge on any atom is -0.469 e. The van der Waals surface area contributed by atoms with Gasteiger partial charge in [-0.25, -0.2) is 0 Å². The summed E-state index contributed by atoms with van der Waals surface area (Å²) >= 11 is 0. The molecule has 3 atom stereocenters. The molecule has 19 heavy (non-hydrogen) atoms. The third-order valence-corrected chi connectivity index (χ3v) is 4.47. The van der Waals surface area contributed by atoms with Gasteiger partial charge in [-0.15, -0.1) is 0 Å². The van der Waals surface area contributed by atoms with Crippen molar-refractivity contribution >= 4 is 17.8 Å². The van der Waals surface area contributed by atoms with Crippen LogP contribution < -0.4 is 5.32 Å². The van der Waals surface area contributed by atoms with Crippen molar-refractivity contribution in [1.82, 2.24) is 5.32 Å². The highest BCUT2D eigenvalue weighted by Crippen LogP contribution is 2.72. The van der Waals surface area contributed by atoms with E-state index in [0.29, 0.717) is 5.56 Å². The average Bonchev–Trinajstić information content (AvgIpc) is 2.95. The lowest BCUT2D eigenvalue weighted by atomic mass is 9.88. The molecule has 0 aromatic heterocycles. The van der Waals surface area contributed by atoms with E-state index >= 15 is 0 Å². The molecule has 1 aromatic rings. The highest BCUT2D eigenvalue weighted by atomic mass is 16.5. The summed E-state index contributed by atoms with van der Waals surface area (Å²) in [4.78, 5) is 36.2. The zero-order valence-electron chi connectivity index (χ0n) is 10.6. The molecule has 3 rings (SSSR count). The maximum absolute atomic E-state index is 12.2. The van der Waals surface area contributed by atoms with Crippen LogP contribution in [0.1, 0.15) is 12.5 Å². The monoisotopic (exact) mass is 259 g/mol. The van der Waals surface area contributed by atoms with Crippen molar-refractivity contribution in [2.75, 3.05) is 7.11 Å². The largest absolute Gasteiger partial charge is 0.469 e. The Hall–Kier alpha value is -2.17. The van der Waals surface area contributed by atoms with Crippen molar-refractivity contribution < 1.29 is 19.1 Å². The Bertz CT molecular complexity index is 597. The van der Waals surface area contributed by atoms with E-state index in [4.69, 9.17) is 4.74 Å². The van der Waals surface area contributed by atoms with Crippen LogP contribution in [0.15, 0.2) is 30.3 Å². The second-order valence-electron chi connectivity index (χ2n) is 5.12. The van der Waals surface area contributed by atoms with E-state index in [1.54, 1.807) is 31.2 Å². The maximum Gasteiger partial charge on any atom is 0.311 e. The minimum atomic E-state index is -1.11. The number of carbonyl (C=O) groups is 3. The molecule has 1 N–H and O–H groups in total. The van der Waals surface area contributed by atoms with Crippen molar-refractivity contribution in [3.8, 4) is 0 Å². The fourth-order valence-corrected chi connectivity index (χ4v) is 3.46. The van der Waals surface area contributed by atoms with E-state index in [2.05, 4.69) is 5.32 Å². The number of hydrogen-bond acceptors (Lipinski definition) is 4. The standard InChI is InChI=1S/C14H13NO4/c1-13-9(10(16)19-2)14(13,12(18)15-11(13)17)8-6-4-3-5-7-8/h3-7,9H,1-2H3,(H,15,17,18). The van der Waals surface area contributed by atoms with Gasteiger partial charge in [0, 0.05) is 0 Å². The van der Waals surface area contributed by atoms with Gasteiger partial charge in [0.2, 0.25) is 11.8 Å². The molecule has 5 heteroatoms. The molecule has 3 unspecified atom stereocenters. The molecule has 1 saturated carbocycles. The molecular formula is C14H13NO4. The zero-order chi connectivity index (χ0) is 13.8. The summed E-state index contributed by atoms with van der Waals surface area (Å²) < 4.78 is 4.75. The van der Waals surface area contributed by atoms with E-state index in [1.807, 2.05) is 6.07 Å². The summed E-state index contributed by atoms with van der Waals surface area (Å²) in [6.07, 6.45) is 0.